The fourth-order valence-electron chi connectivity index (χ4n) is 1.05. The summed E-state index contributed by atoms with van der Waals surface area (Å²) < 4.78 is 99.0. The van der Waals surface area contributed by atoms with Crippen LogP contribution >= 0.6 is 0 Å². The Bertz CT molecular complexity index is 460. The van der Waals surface area contributed by atoms with Gasteiger partial charge in [-0.05, 0) is 0 Å². The highest BCUT2D eigenvalue weighted by molar-refractivity contribution is 5.89. The van der Waals surface area contributed by atoms with Crippen molar-refractivity contribution in [3.05, 3.63) is 34.4 Å². The topological polar surface area (TPSA) is 17.1 Å². The van der Waals surface area contributed by atoms with Crippen LogP contribution in [0.1, 0.15) is 15.9 Å². The molecule has 0 aliphatic rings. The van der Waals surface area contributed by atoms with Gasteiger partial charge in [-0.3, -0.25) is 4.79 Å². The highest BCUT2D eigenvalue weighted by atomic mass is 19.4. The van der Waals surface area contributed by atoms with Crippen molar-refractivity contribution in [2.24, 2.45) is 0 Å². The smallest absolute Gasteiger partial charge is 0.255 e. The summed E-state index contributed by atoms with van der Waals surface area (Å²) in [5, 5.41) is 0. The van der Waals surface area contributed by atoms with Crippen molar-refractivity contribution < 1.29 is 39.9 Å². The lowest BCUT2D eigenvalue weighted by Gasteiger charge is -2.11. The second-order valence-corrected chi connectivity index (χ2v) is 2.78. The Morgan fingerprint density at radius 2 is 1.18 bits per heavy atom. The number of carbonyl (C=O) groups is 1. The molecule has 0 fully saturated rings. The summed E-state index contributed by atoms with van der Waals surface area (Å²) in [6.07, 6.45) is -5.73. The number of hydrogen-bond acceptors (Lipinski definition) is 1. The molecule has 0 N–H and O–H groups in total. The van der Waals surface area contributed by atoms with Crippen LogP contribution in [-0.4, -0.2) is 6.04 Å². The van der Waals surface area contributed by atoms with Gasteiger partial charge in [0.1, 0.15) is 11.1 Å². The molecule has 0 atom stereocenters. The van der Waals surface area contributed by atoms with E-state index < -0.39 is 46.6 Å². The molecule has 0 radical (unpaired) electrons. The largest absolute Gasteiger partial charge is 0.422 e. The molecule has 0 saturated carbocycles. The molecule has 0 aliphatic heterocycles. The molecule has 0 saturated heterocycles. The molecule has 0 unspecified atom stereocenters. The van der Waals surface area contributed by atoms with E-state index in [1.807, 2.05) is 0 Å². The fourth-order valence-corrected chi connectivity index (χ4v) is 1.05. The summed E-state index contributed by atoms with van der Waals surface area (Å²) in [5.74, 6) is -11.2. The van der Waals surface area contributed by atoms with Crippen molar-refractivity contribution in [2.75, 3.05) is 0 Å². The van der Waals surface area contributed by atoms with Crippen LogP contribution in [0.25, 0.3) is 0 Å². The standard InChI is InChI=1S/C8F8O/c9-3-1(7(13)17)4(10)6(12)2(5(3)11)8(14,15)16. The predicted molar refractivity (Wildman–Crippen MR) is 36.7 cm³/mol. The number of hydrogen-bond donors (Lipinski definition) is 0. The van der Waals surface area contributed by atoms with Gasteiger partial charge in [-0.15, -0.1) is 0 Å². The van der Waals surface area contributed by atoms with Crippen LogP contribution < -0.4 is 0 Å². The van der Waals surface area contributed by atoms with Gasteiger partial charge in [-0.2, -0.15) is 17.6 Å². The maximum Gasteiger partial charge on any atom is 0.422 e. The van der Waals surface area contributed by atoms with E-state index in [0.29, 0.717) is 0 Å². The number of alkyl halides is 3. The summed E-state index contributed by atoms with van der Waals surface area (Å²) in [5.41, 5.74) is -5.20. The third-order valence-electron chi connectivity index (χ3n) is 1.74. The van der Waals surface area contributed by atoms with Crippen molar-refractivity contribution in [3.8, 4) is 0 Å². The molecule has 1 nitrogen and oxygen atoms in total. The lowest BCUT2D eigenvalue weighted by atomic mass is 10.1. The van der Waals surface area contributed by atoms with Crippen molar-refractivity contribution in [2.45, 2.75) is 6.18 Å². The van der Waals surface area contributed by atoms with Gasteiger partial charge in [0.15, 0.2) is 23.3 Å². The van der Waals surface area contributed by atoms with Crippen molar-refractivity contribution in [1.82, 2.24) is 0 Å². The Morgan fingerprint density at radius 1 is 0.824 bits per heavy atom. The zero-order valence-electron chi connectivity index (χ0n) is 7.43. The van der Waals surface area contributed by atoms with Gasteiger partial charge in [0.2, 0.25) is 0 Å². The summed E-state index contributed by atoms with van der Waals surface area (Å²) in [7, 11) is 0. The maximum absolute atomic E-state index is 12.7. The molecule has 0 amide bonds. The summed E-state index contributed by atoms with van der Waals surface area (Å²) >= 11 is 0. The third kappa shape index (κ3) is 2.08. The first-order chi connectivity index (χ1) is 7.59. The minimum absolute atomic E-state index is 2.34. The highest BCUT2D eigenvalue weighted by Crippen LogP contribution is 2.36. The van der Waals surface area contributed by atoms with E-state index in [-0.39, 0.29) is 0 Å². The molecule has 1 aromatic rings. The molecule has 0 bridgehead atoms. The molecular formula is C8F8O. The monoisotopic (exact) mass is 264 g/mol. The lowest BCUT2D eigenvalue weighted by molar-refractivity contribution is -0.143. The molecule has 9 heteroatoms. The summed E-state index contributed by atoms with van der Waals surface area (Å²) in [6.45, 7) is 0. The molecule has 1 rings (SSSR count). The van der Waals surface area contributed by atoms with Gasteiger partial charge >= 0.3 is 12.2 Å². The predicted octanol–water partition coefficient (Wildman–Crippen LogP) is 3.37. The first-order valence-electron chi connectivity index (χ1n) is 3.72. The van der Waals surface area contributed by atoms with Crippen molar-refractivity contribution in [1.29, 1.82) is 0 Å². The van der Waals surface area contributed by atoms with Crippen LogP contribution in [0.4, 0.5) is 35.1 Å². The average molecular weight is 264 g/mol. The van der Waals surface area contributed by atoms with E-state index in [4.69, 9.17) is 0 Å². The first-order valence-corrected chi connectivity index (χ1v) is 3.72. The van der Waals surface area contributed by atoms with Crippen LogP contribution in [0.3, 0.4) is 0 Å². The summed E-state index contributed by atoms with van der Waals surface area (Å²) in [6, 6.07) is -2.92. The molecule has 1 aromatic carbocycles. The Labute approximate surface area is 87.6 Å². The second-order valence-electron chi connectivity index (χ2n) is 2.78. The van der Waals surface area contributed by atoms with Gasteiger partial charge in [-0.1, -0.05) is 0 Å². The van der Waals surface area contributed by atoms with E-state index in [1.165, 1.54) is 0 Å². The molecule has 0 aliphatic carbocycles. The van der Waals surface area contributed by atoms with Crippen LogP contribution in [0.2, 0.25) is 0 Å². The minimum atomic E-state index is -5.73. The Hall–Kier alpha value is -1.67. The molecule has 0 spiro atoms. The van der Waals surface area contributed by atoms with Crippen LogP contribution in [0.15, 0.2) is 0 Å². The van der Waals surface area contributed by atoms with Gasteiger partial charge < -0.3 is 0 Å². The minimum Gasteiger partial charge on any atom is -0.255 e. The fraction of sp³-hybridized carbons (Fsp3) is 0.125. The second kappa shape index (κ2) is 3.97. The van der Waals surface area contributed by atoms with E-state index in [2.05, 4.69) is 0 Å². The van der Waals surface area contributed by atoms with E-state index in [9.17, 15) is 39.9 Å². The first kappa shape index (κ1) is 13.4. The van der Waals surface area contributed by atoms with Gasteiger partial charge in [-0.25, -0.2) is 17.6 Å². The number of carbonyl (C=O) groups excluding carboxylic acids is 1. The maximum atomic E-state index is 12.7. The highest BCUT2D eigenvalue weighted by Gasteiger charge is 2.43. The van der Waals surface area contributed by atoms with E-state index in [0.717, 1.165) is 0 Å². The number of benzene rings is 1. The van der Waals surface area contributed by atoms with Crippen LogP contribution in [0, 0.1) is 23.3 Å². The summed E-state index contributed by atoms with van der Waals surface area (Å²) in [4.78, 5) is 9.99. The molecule has 0 aromatic heterocycles. The Balaban J connectivity index is 3.77. The normalized spacial score (nSPS) is 11.8. The van der Waals surface area contributed by atoms with Crippen LogP contribution in [0.5, 0.6) is 0 Å². The van der Waals surface area contributed by atoms with Crippen LogP contribution in [-0.2, 0) is 6.18 Å². The van der Waals surface area contributed by atoms with Crippen molar-refractivity contribution >= 4 is 6.04 Å². The quantitative estimate of drug-likeness (QED) is 0.431. The van der Waals surface area contributed by atoms with Crippen molar-refractivity contribution in [3.63, 3.8) is 0 Å². The third-order valence-corrected chi connectivity index (χ3v) is 1.74. The Kier molecular flexibility index (Phi) is 3.13. The number of halogens is 8. The molecule has 94 valence electrons. The molecular weight excluding hydrogens is 264 g/mol. The van der Waals surface area contributed by atoms with E-state index >= 15 is 0 Å². The Morgan fingerprint density at radius 3 is 1.41 bits per heavy atom. The van der Waals surface area contributed by atoms with E-state index in [1.54, 1.807) is 0 Å². The van der Waals surface area contributed by atoms with Gasteiger partial charge in [0.05, 0.1) is 0 Å². The molecule has 0 heterocycles. The number of rotatable bonds is 1. The lowest BCUT2D eigenvalue weighted by Crippen LogP contribution is -2.18. The zero-order chi connectivity index (χ0) is 13.5. The van der Waals surface area contributed by atoms with Gasteiger partial charge in [0, 0.05) is 0 Å². The van der Waals surface area contributed by atoms with Gasteiger partial charge in [0.25, 0.3) is 0 Å². The average Bonchev–Trinajstić information content (AvgIpc) is 2.12. The zero-order valence-corrected chi connectivity index (χ0v) is 7.43. The SMILES string of the molecule is O=C(F)c1c(F)c(F)c(C(F)(F)F)c(F)c1F. The molecule has 17 heavy (non-hydrogen) atoms.